The van der Waals surface area contributed by atoms with Crippen molar-refractivity contribution in [3.05, 3.63) is 65.5 Å². The molecule has 1 aromatic heterocycles. The minimum atomic E-state index is -0.248. The number of rotatable bonds is 3. The van der Waals surface area contributed by atoms with Gasteiger partial charge in [-0.25, -0.2) is 4.98 Å². The molecule has 4 nitrogen and oxygen atoms in total. The molecule has 1 amide bonds. The highest BCUT2D eigenvalue weighted by molar-refractivity contribution is 5.94. The van der Waals surface area contributed by atoms with Crippen molar-refractivity contribution < 1.29 is 9.90 Å². The summed E-state index contributed by atoms with van der Waals surface area (Å²) in [6, 6.07) is 13.2. The van der Waals surface area contributed by atoms with Crippen LogP contribution in [0.4, 0.5) is 0 Å². The lowest BCUT2D eigenvalue weighted by Crippen LogP contribution is -2.27. The molecule has 1 heterocycles. The molecule has 0 aliphatic heterocycles. The quantitative estimate of drug-likeness (QED) is 0.871. The summed E-state index contributed by atoms with van der Waals surface area (Å²) in [5, 5.41) is 8.77. The summed E-state index contributed by atoms with van der Waals surface area (Å²) in [7, 11) is 1.73. The first kappa shape index (κ1) is 14.8. The van der Waals surface area contributed by atoms with Crippen LogP contribution in [0.3, 0.4) is 0 Å². The SMILES string of the molecule is CN(Cc1ccccc1)C(=O)c1ncccc1C#CCO. The predicted octanol–water partition coefficient (Wildman–Crippen LogP) is 1.70. The minimum absolute atomic E-state index is 0.193. The van der Waals surface area contributed by atoms with Gasteiger partial charge in [-0.05, 0) is 17.7 Å². The van der Waals surface area contributed by atoms with Gasteiger partial charge < -0.3 is 10.0 Å². The minimum Gasteiger partial charge on any atom is -0.384 e. The molecule has 0 fully saturated rings. The molecular weight excluding hydrogens is 264 g/mol. The number of carbonyl (C=O) groups excluding carboxylic acids is 1. The number of aliphatic hydroxyl groups is 1. The van der Waals surface area contributed by atoms with Crippen molar-refractivity contribution in [2.45, 2.75) is 6.54 Å². The lowest BCUT2D eigenvalue weighted by Gasteiger charge is -2.17. The molecule has 0 bridgehead atoms. The number of aliphatic hydroxyl groups excluding tert-OH is 1. The second-order valence-corrected chi connectivity index (χ2v) is 4.51. The Hall–Kier alpha value is -2.64. The smallest absolute Gasteiger partial charge is 0.273 e. The van der Waals surface area contributed by atoms with E-state index in [4.69, 9.17) is 5.11 Å². The molecule has 4 heteroatoms. The monoisotopic (exact) mass is 280 g/mol. The van der Waals surface area contributed by atoms with Crippen LogP contribution in [-0.4, -0.2) is 34.6 Å². The fourth-order valence-electron chi connectivity index (χ4n) is 1.92. The number of hydrogen-bond acceptors (Lipinski definition) is 3. The maximum Gasteiger partial charge on any atom is 0.273 e. The van der Waals surface area contributed by atoms with Crippen molar-refractivity contribution in [3.63, 3.8) is 0 Å². The summed E-state index contributed by atoms with van der Waals surface area (Å²) in [4.78, 5) is 18.2. The fraction of sp³-hybridized carbons (Fsp3) is 0.176. The zero-order valence-electron chi connectivity index (χ0n) is 11.8. The largest absolute Gasteiger partial charge is 0.384 e. The van der Waals surface area contributed by atoms with Crippen LogP contribution in [0.15, 0.2) is 48.7 Å². The Morgan fingerprint density at radius 3 is 2.71 bits per heavy atom. The molecular formula is C17H16N2O2. The van der Waals surface area contributed by atoms with E-state index < -0.39 is 0 Å². The highest BCUT2D eigenvalue weighted by atomic mass is 16.2. The fourth-order valence-corrected chi connectivity index (χ4v) is 1.92. The maximum atomic E-state index is 12.5. The van der Waals surface area contributed by atoms with Crippen LogP contribution in [0, 0.1) is 11.8 Å². The number of carbonyl (C=O) groups is 1. The summed E-state index contributed by atoms with van der Waals surface area (Å²) >= 11 is 0. The van der Waals surface area contributed by atoms with E-state index in [1.165, 1.54) is 0 Å². The molecule has 1 N–H and O–H groups in total. The van der Waals surface area contributed by atoms with Crippen molar-refractivity contribution in [2.75, 3.05) is 13.7 Å². The molecule has 0 spiro atoms. The van der Waals surface area contributed by atoms with Gasteiger partial charge in [0.2, 0.25) is 0 Å². The van der Waals surface area contributed by atoms with Crippen LogP contribution < -0.4 is 0 Å². The van der Waals surface area contributed by atoms with Crippen LogP contribution >= 0.6 is 0 Å². The summed E-state index contributed by atoms with van der Waals surface area (Å²) in [5.74, 6) is 5.10. The Morgan fingerprint density at radius 2 is 2.00 bits per heavy atom. The lowest BCUT2D eigenvalue weighted by molar-refractivity contribution is 0.0779. The van der Waals surface area contributed by atoms with Gasteiger partial charge in [0.15, 0.2) is 0 Å². The van der Waals surface area contributed by atoms with Gasteiger partial charge in [-0.2, -0.15) is 0 Å². The van der Waals surface area contributed by atoms with Gasteiger partial charge in [-0.3, -0.25) is 4.79 Å². The molecule has 0 atom stereocenters. The number of amides is 1. The van der Waals surface area contributed by atoms with Gasteiger partial charge in [0, 0.05) is 19.8 Å². The third-order valence-corrected chi connectivity index (χ3v) is 2.92. The third-order valence-electron chi connectivity index (χ3n) is 2.92. The molecule has 21 heavy (non-hydrogen) atoms. The first-order valence-electron chi connectivity index (χ1n) is 6.56. The second-order valence-electron chi connectivity index (χ2n) is 4.51. The molecule has 2 rings (SSSR count). The summed E-state index contributed by atoms with van der Waals surface area (Å²) < 4.78 is 0. The van der Waals surface area contributed by atoms with E-state index in [1.807, 2.05) is 30.3 Å². The Morgan fingerprint density at radius 1 is 1.24 bits per heavy atom. The molecule has 0 radical (unpaired) electrons. The first-order valence-corrected chi connectivity index (χ1v) is 6.56. The van der Waals surface area contributed by atoms with Gasteiger partial charge in [0.25, 0.3) is 5.91 Å². The van der Waals surface area contributed by atoms with Crippen LogP contribution in [0.5, 0.6) is 0 Å². The average Bonchev–Trinajstić information content (AvgIpc) is 2.53. The third kappa shape index (κ3) is 3.91. The Kier molecular flexibility index (Phi) is 5.08. The van der Waals surface area contributed by atoms with Crippen LogP contribution in [0.1, 0.15) is 21.6 Å². The molecule has 106 valence electrons. The predicted molar refractivity (Wildman–Crippen MR) is 80.4 cm³/mol. The van der Waals surface area contributed by atoms with E-state index in [-0.39, 0.29) is 12.5 Å². The molecule has 0 unspecified atom stereocenters. The molecule has 0 aliphatic rings. The number of benzene rings is 1. The zero-order valence-corrected chi connectivity index (χ0v) is 11.8. The van der Waals surface area contributed by atoms with Crippen molar-refractivity contribution in [1.82, 2.24) is 9.88 Å². The summed E-state index contributed by atoms with van der Waals surface area (Å²) in [5.41, 5.74) is 1.88. The molecule has 1 aromatic carbocycles. The normalized spacial score (nSPS) is 9.62. The van der Waals surface area contributed by atoms with Gasteiger partial charge >= 0.3 is 0 Å². The molecule has 0 aliphatic carbocycles. The number of nitrogens with zero attached hydrogens (tertiary/aromatic N) is 2. The van der Waals surface area contributed by atoms with E-state index in [2.05, 4.69) is 16.8 Å². The van der Waals surface area contributed by atoms with Crippen molar-refractivity contribution in [2.24, 2.45) is 0 Å². The Balaban J connectivity index is 2.20. The van der Waals surface area contributed by atoms with Gasteiger partial charge in [-0.1, -0.05) is 42.2 Å². The average molecular weight is 280 g/mol. The molecule has 2 aromatic rings. The highest BCUT2D eigenvalue weighted by Gasteiger charge is 2.16. The summed E-state index contributed by atoms with van der Waals surface area (Å²) in [6.45, 7) is 0.255. The standard InChI is InChI=1S/C17H16N2O2/c1-19(13-14-7-3-2-4-8-14)17(21)16-15(10-6-12-20)9-5-11-18-16/h2-5,7-9,11,20H,12-13H2,1H3. The number of hydrogen-bond donors (Lipinski definition) is 1. The lowest BCUT2D eigenvalue weighted by atomic mass is 10.1. The molecule has 0 saturated carbocycles. The Labute approximate surface area is 124 Å². The Bertz CT molecular complexity index is 672. The van der Waals surface area contributed by atoms with Crippen molar-refractivity contribution >= 4 is 5.91 Å². The van der Waals surface area contributed by atoms with E-state index >= 15 is 0 Å². The number of aromatic nitrogens is 1. The van der Waals surface area contributed by atoms with Gasteiger partial charge in [-0.15, -0.1) is 0 Å². The van der Waals surface area contributed by atoms with Crippen LogP contribution in [-0.2, 0) is 6.54 Å². The van der Waals surface area contributed by atoms with Gasteiger partial charge in [0.1, 0.15) is 12.3 Å². The highest BCUT2D eigenvalue weighted by Crippen LogP contribution is 2.10. The van der Waals surface area contributed by atoms with Crippen LogP contribution in [0.2, 0.25) is 0 Å². The number of pyridine rings is 1. The van der Waals surface area contributed by atoms with E-state index in [0.29, 0.717) is 17.8 Å². The van der Waals surface area contributed by atoms with E-state index in [1.54, 1.807) is 30.3 Å². The molecule has 0 saturated heterocycles. The first-order chi connectivity index (χ1) is 10.2. The zero-order chi connectivity index (χ0) is 15.1. The van der Waals surface area contributed by atoms with Crippen molar-refractivity contribution in [3.8, 4) is 11.8 Å². The maximum absolute atomic E-state index is 12.5. The van der Waals surface area contributed by atoms with Crippen LogP contribution in [0.25, 0.3) is 0 Å². The van der Waals surface area contributed by atoms with E-state index in [9.17, 15) is 4.79 Å². The second kappa shape index (κ2) is 7.22. The topological polar surface area (TPSA) is 53.4 Å². The summed E-state index contributed by atoms with van der Waals surface area (Å²) in [6.07, 6.45) is 1.56. The van der Waals surface area contributed by atoms with Gasteiger partial charge in [0.05, 0.1) is 5.56 Å². The van der Waals surface area contributed by atoms with E-state index in [0.717, 1.165) is 5.56 Å². The van der Waals surface area contributed by atoms with Crippen molar-refractivity contribution in [1.29, 1.82) is 0 Å².